The second-order valence-electron chi connectivity index (χ2n) is 4.53. The van der Waals surface area contributed by atoms with Crippen molar-refractivity contribution < 1.29 is 19.2 Å². The average molecular weight is 215 g/mol. The van der Waals surface area contributed by atoms with Crippen LogP contribution < -0.4 is 0 Å². The van der Waals surface area contributed by atoms with Gasteiger partial charge in [-0.05, 0) is 0 Å². The van der Waals surface area contributed by atoms with E-state index in [0.29, 0.717) is 0 Å². The van der Waals surface area contributed by atoms with Crippen LogP contribution in [-0.4, -0.2) is 35.2 Å². The van der Waals surface area contributed by atoms with Crippen molar-refractivity contribution in [2.45, 2.75) is 38.2 Å². The zero-order valence-corrected chi connectivity index (χ0v) is 8.63. The van der Waals surface area contributed by atoms with Crippen molar-refractivity contribution in [3.63, 3.8) is 0 Å². The number of carbonyl (C=O) groups is 1. The first-order chi connectivity index (χ1) is 6.93. The van der Waals surface area contributed by atoms with E-state index in [4.69, 9.17) is 9.47 Å². The molecule has 2 aliphatic rings. The zero-order valence-electron chi connectivity index (χ0n) is 8.63. The van der Waals surface area contributed by atoms with Gasteiger partial charge in [0.25, 0.3) is 0 Å². The highest BCUT2D eigenvalue weighted by molar-refractivity contribution is 5.83. The molecule has 0 spiro atoms. The van der Waals surface area contributed by atoms with Gasteiger partial charge >= 0.3 is 0 Å². The summed E-state index contributed by atoms with van der Waals surface area (Å²) in [6, 6.07) is 0. The van der Waals surface area contributed by atoms with Crippen LogP contribution in [-0.2, 0) is 14.3 Å². The molecule has 0 aromatic carbocycles. The molecular weight excluding hydrogens is 202 g/mol. The smallest absolute Gasteiger partial charge is 0.222 e. The van der Waals surface area contributed by atoms with Crippen molar-refractivity contribution in [2.24, 2.45) is 5.92 Å². The summed E-state index contributed by atoms with van der Waals surface area (Å²) in [7, 11) is 0. The van der Waals surface area contributed by atoms with Crippen LogP contribution in [0.1, 0.15) is 20.3 Å². The molecule has 2 rings (SSSR count). The Labute approximate surface area is 86.7 Å². The van der Waals surface area contributed by atoms with Gasteiger partial charge in [0.15, 0.2) is 5.78 Å². The van der Waals surface area contributed by atoms with Gasteiger partial charge in [-0.25, -0.2) is 0 Å². The summed E-state index contributed by atoms with van der Waals surface area (Å²) in [5.74, 6) is -0.595. The number of rotatable bonds is 2. The largest absolute Gasteiger partial charge is 0.343 e. The summed E-state index contributed by atoms with van der Waals surface area (Å²) < 4.78 is 10.4. The lowest BCUT2D eigenvalue weighted by Gasteiger charge is -2.32. The van der Waals surface area contributed by atoms with Crippen molar-refractivity contribution in [1.82, 2.24) is 0 Å². The SMILES string of the molecule is CC(C)([C@@H]1CC(=O)[C@@H]2OC[C@H]1O2)[N+](=O)[O-]. The van der Waals surface area contributed by atoms with Gasteiger partial charge in [0.05, 0.1) is 18.6 Å². The van der Waals surface area contributed by atoms with Crippen LogP contribution in [0.3, 0.4) is 0 Å². The highest BCUT2D eigenvalue weighted by Crippen LogP contribution is 2.37. The van der Waals surface area contributed by atoms with Crippen LogP contribution in [0.15, 0.2) is 0 Å². The Balaban J connectivity index is 2.22. The number of carbonyl (C=O) groups excluding carboxylic acids is 1. The highest BCUT2D eigenvalue weighted by Gasteiger charge is 2.54. The first kappa shape index (κ1) is 10.5. The highest BCUT2D eigenvalue weighted by atomic mass is 16.7. The molecule has 2 fully saturated rings. The van der Waals surface area contributed by atoms with Crippen LogP contribution in [0.2, 0.25) is 0 Å². The second kappa shape index (κ2) is 3.24. The van der Waals surface area contributed by atoms with Gasteiger partial charge in [-0.2, -0.15) is 0 Å². The molecule has 2 saturated heterocycles. The fourth-order valence-electron chi connectivity index (χ4n) is 2.08. The fraction of sp³-hybridized carbons (Fsp3) is 0.889. The molecule has 6 nitrogen and oxygen atoms in total. The molecule has 6 heteroatoms. The van der Waals surface area contributed by atoms with Gasteiger partial charge in [0, 0.05) is 25.2 Å². The Hall–Kier alpha value is -1.01. The normalized spacial score (nSPS) is 35.6. The van der Waals surface area contributed by atoms with E-state index in [0.717, 1.165) is 0 Å². The summed E-state index contributed by atoms with van der Waals surface area (Å²) in [5, 5.41) is 10.9. The van der Waals surface area contributed by atoms with Crippen molar-refractivity contribution >= 4 is 5.78 Å². The predicted molar refractivity (Wildman–Crippen MR) is 48.8 cm³/mol. The number of Topliss-reactive ketones (excluding diaryl/α,β-unsaturated/α-hetero) is 1. The van der Waals surface area contributed by atoms with Crippen LogP contribution in [0.5, 0.6) is 0 Å². The molecule has 0 unspecified atom stereocenters. The topological polar surface area (TPSA) is 78.7 Å². The van der Waals surface area contributed by atoms with Crippen molar-refractivity contribution in [1.29, 1.82) is 0 Å². The number of hydrogen-bond donors (Lipinski definition) is 0. The predicted octanol–water partition coefficient (Wildman–Crippen LogP) is 0.372. The number of ether oxygens (including phenoxy) is 2. The van der Waals surface area contributed by atoms with Crippen LogP contribution >= 0.6 is 0 Å². The van der Waals surface area contributed by atoms with Gasteiger partial charge in [0.2, 0.25) is 11.8 Å². The zero-order chi connectivity index (χ0) is 11.2. The lowest BCUT2D eigenvalue weighted by Crippen LogP contribution is -2.50. The molecule has 2 heterocycles. The van der Waals surface area contributed by atoms with E-state index in [9.17, 15) is 14.9 Å². The molecule has 0 radical (unpaired) electrons. The summed E-state index contributed by atoms with van der Waals surface area (Å²) in [6.45, 7) is 3.32. The molecule has 0 saturated carbocycles. The molecule has 0 aromatic heterocycles. The molecule has 84 valence electrons. The molecule has 2 aliphatic heterocycles. The molecule has 0 amide bonds. The minimum atomic E-state index is -1.15. The van der Waals surface area contributed by atoms with E-state index in [1.165, 1.54) is 13.8 Å². The van der Waals surface area contributed by atoms with Crippen molar-refractivity contribution in [3.05, 3.63) is 10.1 Å². The maximum atomic E-state index is 11.5. The van der Waals surface area contributed by atoms with Gasteiger partial charge in [0.1, 0.15) is 0 Å². The summed E-state index contributed by atoms with van der Waals surface area (Å²) in [5.41, 5.74) is -1.15. The van der Waals surface area contributed by atoms with E-state index in [1.54, 1.807) is 0 Å². The maximum Gasteiger partial charge on any atom is 0.222 e. The molecule has 0 aliphatic carbocycles. The first-order valence-electron chi connectivity index (χ1n) is 4.87. The number of nitro groups is 1. The second-order valence-corrected chi connectivity index (χ2v) is 4.53. The van der Waals surface area contributed by atoms with E-state index in [-0.39, 0.29) is 29.8 Å². The lowest BCUT2D eigenvalue weighted by atomic mass is 9.79. The Morgan fingerprint density at radius 2 is 2.20 bits per heavy atom. The van der Waals surface area contributed by atoms with E-state index in [1.807, 2.05) is 0 Å². The number of nitrogens with zero attached hydrogens (tertiary/aromatic N) is 1. The molecule has 2 bridgehead atoms. The number of fused-ring (bicyclic) bond motifs is 2. The molecule has 15 heavy (non-hydrogen) atoms. The Morgan fingerprint density at radius 1 is 1.53 bits per heavy atom. The minimum Gasteiger partial charge on any atom is -0.343 e. The van der Waals surface area contributed by atoms with Gasteiger partial charge in [-0.15, -0.1) is 0 Å². The van der Waals surface area contributed by atoms with Crippen molar-refractivity contribution in [3.8, 4) is 0 Å². The van der Waals surface area contributed by atoms with E-state index < -0.39 is 17.7 Å². The molecule has 0 N–H and O–H groups in total. The standard InChI is InChI=1S/C9H13NO5/c1-9(2,10(12)13)5-3-6(11)8-14-4-7(5)15-8/h5,7-8H,3-4H2,1-2H3/t5-,7-,8-/m1/s1. The van der Waals surface area contributed by atoms with E-state index in [2.05, 4.69) is 0 Å². The third-order valence-corrected chi connectivity index (χ3v) is 3.22. The Bertz CT molecular complexity index is 314. The Morgan fingerprint density at radius 3 is 2.80 bits per heavy atom. The Kier molecular flexibility index (Phi) is 2.27. The fourth-order valence-corrected chi connectivity index (χ4v) is 2.08. The van der Waals surface area contributed by atoms with Crippen molar-refractivity contribution in [2.75, 3.05) is 6.61 Å². The first-order valence-corrected chi connectivity index (χ1v) is 4.87. The number of hydrogen-bond acceptors (Lipinski definition) is 5. The summed E-state index contributed by atoms with van der Waals surface area (Å²) >= 11 is 0. The minimum absolute atomic E-state index is 0.170. The molecule has 0 aromatic rings. The van der Waals surface area contributed by atoms with Crippen LogP contribution in [0.4, 0.5) is 0 Å². The molecule has 3 atom stereocenters. The van der Waals surface area contributed by atoms with Gasteiger partial charge in [-0.1, -0.05) is 0 Å². The summed E-state index contributed by atoms with van der Waals surface area (Å²) in [6.07, 6.45) is -0.939. The van der Waals surface area contributed by atoms with Gasteiger partial charge in [-0.3, -0.25) is 14.9 Å². The third-order valence-electron chi connectivity index (χ3n) is 3.22. The van der Waals surface area contributed by atoms with Crippen LogP contribution in [0, 0.1) is 16.0 Å². The maximum absolute atomic E-state index is 11.5. The quantitative estimate of drug-likeness (QED) is 0.491. The number of ketones is 1. The van der Waals surface area contributed by atoms with Crippen LogP contribution in [0.25, 0.3) is 0 Å². The lowest BCUT2D eigenvalue weighted by molar-refractivity contribution is -0.574. The summed E-state index contributed by atoms with van der Waals surface area (Å²) in [4.78, 5) is 22.0. The average Bonchev–Trinajstić information content (AvgIpc) is 2.56. The molecular formula is C9H13NO5. The van der Waals surface area contributed by atoms with Gasteiger partial charge < -0.3 is 9.47 Å². The third kappa shape index (κ3) is 1.53. The monoisotopic (exact) mass is 215 g/mol. The van der Waals surface area contributed by atoms with E-state index >= 15 is 0 Å².